The molecule has 0 saturated heterocycles. The van der Waals surface area contributed by atoms with Crippen LogP contribution in [0.4, 0.5) is 5.69 Å². The molecule has 3 aromatic carbocycles. The Kier molecular flexibility index (Phi) is 8.95. The van der Waals surface area contributed by atoms with E-state index in [1.807, 2.05) is 36.4 Å². The number of amides is 2. The van der Waals surface area contributed by atoms with Crippen LogP contribution in [0.1, 0.15) is 35.7 Å². The van der Waals surface area contributed by atoms with E-state index in [-0.39, 0.29) is 42.1 Å². The molecule has 10 nitrogen and oxygen atoms in total. The van der Waals surface area contributed by atoms with E-state index in [1.54, 1.807) is 54.3 Å². The van der Waals surface area contributed by atoms with Crippen molar-refractivity contribution in [2.45, 2.75) is 32.9 Å². The van der Waals surface area contributed by atoms with E-state index < -0.39 is 29.7 Å². The molecule has 10 heteroatoms. The van der Waals surface area contributed by atoms with Crippen LogP contribution in [-0.2, 0) is 27.4 Å². The summed E-state index contributed by atoms with van der Waals surface area (Å²) < 4.78 is 7.29. The molecule has 220 valence electrons. The van der Waals surface area contributed by atoms with Crippen molar-refractivity contribution in [2.24, 2.45) is 0 Å². The van der Waals surface area contributed by atoms with Crippen molar-refractivity contribution in [2.75, 3.05) is 25.0 Å². The van der Waals surface area contributed by atoms with E-state index in [4.69, 9.17) is 4.74 Å². The average Bonchev–Trinajstić information content (AvgIpc) is 3.03. The highest BCUT2D eigenvalue weighted by Crippen LogP contribution is 2.22. The van der Waals surface area contributed by atoms with Gasteiger partial charge in [0.25, 0.3) is 5.56 Å². The molecule has 4 aromatic rings. The first-order chi connectivity index (χ1) is 20.9. The Labute approximate surface area is 247 Å². The molecule has 0 spiro atoms. The Hall–Kier alpha value is -5.25. The molecule has 5 rings (SSSR count). The van der Waals surface area contributed by atoms with Gasteiger partial charge >= 0.3 is 11.7 Å². The second-order valence-corrected chi connectivity index (χ2v) is 10.1. The maximum Gasteiger partial charge on any atom is 0.340 e. The second-order valence-electron chi connectivity index (χ2n) is 10.1. The van der Waals surface area contributed by atoms with Gasteiger partial charge in [-0.1, -0.05) is 60.7 Å². The molecule has 0 fully saturated rings. The molecule has 1 aliphatic heterocycles. The lowest BCUT2D eigenvalue weighted by Gasteiger charge is -2.27. The van der Waals surface area contributed by atoms with Crippen molar-refractivity contribution < 1.29 is 19.1 Å². The summed E-state index contributed by atoms with van der Waals surface area (Å²) in [6, 6.07) is 22.9. The van der Waals surface area contributed by atoms with Crippen molar-refractivity contribution in [3.8, 4) is 0 Å². The molecule has 0 saturated carbocycles. The van der Waals surface area contributed by atoms with Crippen molar-refractivity contribution in [3.05, 3.63) is 117 Å². The lowest BCUT2D eigenvalue weighted by Crippen LogP contribution is -2.43. The minimum Gasteiger partial charge on any atom is -0.462 e. The highest BCUT2D eigenvalue weighted by Gasteiger charge is 2.21. The molecule has 0 atom stereocenters. The molecule has 1 aromatic heterocycles. The highest BCUT2D eigenvalue weighted by atomic mass is 16.5. The van der Waals surface area contributed by atoms with Gasteiger partial charge in [0.05, 0.1) is 28.8 Å². The van der Waals surface area contributed by atoms with Crippen LogP contribution in [0.3, 0.4) is 0 Å². The number of hydrogen-bond donors (Lipinski definition) is 1. The van der Waals surface area contributed by atoms with Crippen LogP contribution in [-0.4, -0.2) is 51.5 Å². The van der Waals surface area contributed by atoms with Crippen molar-refractivity contribution in [3.63, 3.8) is 0 Å². The molecule has 0 radical (unpaired) electrons. The van der Waals surface area contributed by atoms with Crippen molar-refractivity contribution in [1.82, 2.24) is 14.0 Å². The molecule has 1 N–H and O–H groups in total. The summed E-state index contributed by atoms with van der Waals surface area (Å²) in [5.41, 5.74) is 1.81. The number of fused-ring (bicyclic) bond motifs is 1. The fourth-order valence-corrected chi connectivity index (χ4v) is 5.21. The largest absolute Gasteiger partial charge is 0.462 e. The summed E-state index contributed by atoms with van der Waals surface area (Å²) in [6.07, 6.45) is 2.71. The smallest absolute Gasteiger partial charge is 0.340 e. The summed E-state index contributed by atoms with van der Waals surface area (Å²) in [5.74, 6) is -1.32. The fourth-order valence-electron chi connectivity index (χ4n) is 5.21. The Morgan fingerprint density at radius 2 is 1.60 bits per heavy atom. The monoisotopic (exact) mass is 580 g/mol. The normalized spacial score (nSPS) is 13.0. The Balaban J connectivity index is 1.34. The van der Waals surface area contributed by atoms with Gasteiger partial charge in [0.2, 0.25) is 11.8 Å². The summed E-state index contributed by atoms with van der Waals surface area (Å²) >= 11 is 0. The fraction of sp³-hybridized carbons (Fsp3) is 0.242. The summed E-state index contributed by atoms with van der Waals surface area (Å²) in [4.78, 5) is 67.1. The number of ether oxygens (including phenoxy) is 1. The molecule has 43 heavy (non-hydrogen) atoms. The van der Waals surface area contributed by atoms with Crippen LogP contribution in [0.15, 0.2) is 94.5 Å². The number of nitrogens with one attached hydrogen (secondary N) is 1. The first-order valence-electron chi connectivity index (χ1n) is 14.2. The van der Waals surface area contributed by atoms with Gasteiger partial charge in [0.15, 0.2) is 0 Å². The third-order valence-electron chi connectivity index (χ3n) is 7.39. The van der Waals surface area contributed by atoms with E-state index in [9.17, 15) is 24.0 Å². The van der Waals surface area contributed by atoms with Crippen LogP contribution >= 0.6 is 0 Å². The van der Waals surface area contributed by atoms with Gasteiger partial charge in [-0.05, 0) is 48.7 Å². The van der Waals surface area contributed by atoms with Crippen molar-refractivity contribution >= 4 is 39.9 Å². The van der Waals surface area contributed by atoms with Crippen LogP contribution in [0.5, 0.6) is 0 Å². The number of para-hydroxylation sites is 2. The first-order valence-corrected chi connectivity index (χ1v) is 14.2. The van der Waals surface area contributed by atoms with Gasteiger partial charge in [-0.15, -0.1) is 0 Å². The Bertz CT molecular complexity index is 1820. The number of rotatable bonds is 9. The number of aromatic nitrogens is 2. The van der Waals surface area contributed by atoms with Crippen LogP contribution in [0.25, 0.3) is 16.5 Å². The van der Waals surface area contributed by atoms with Crippen LogP contribution < -0.4 is 16.6 Å². The number of esters is 1. The summed E-state index contributed by atoms with van der Waals surface area (Å²) in [7, 11) is 0. The number of benzene rings is 3. The summed E-state index contributed by atoms with van der Waals surface area (Å²) in [6.45, 7) is 2.32. The van der Waals surface area contributed by atoms with Gasteiger partial charge < -0.3 is 15.0 Å². The quantitative estimate of drug-likeness (QED) is 0.302. The first kappa shape index (κ1) is 29.2. The maximum atomic E-state index is 13.6. The zero-order valence-electron chi connectivity index (χ0n) is 23.8. The van der Waals surface area contributed by atoms with Crippen LogP contribution in [0, 0.1) is 0 Å². The predicted octanol–water partition coefficient (Wildman–Crippen LogP) is 3.68. The lowest BCUT2D eigenvalue weighted by atomic mass is 9.99. The average molecular weight is 581 g/mol. The SMILES string of the molecule is CCOC(=O)c1ccccc1NC(=O)Cn1c(=O)n(CCC(=O)N2CC=C(c3ccccc3)CC2)c(=O)c2ccccc21. The predicted molar refractivity (Wildman–Crippen MR) is 164 cm³/mol. The highest BCUT2D eigenvalue weighted by molar-refractivity contribution is 6.01. The van der Waals surface area contributed by atoms with E-state index in [0.717, 1.165) is 10.1 Å². The molecule has 0 bridgehead atoms. The zero-order chi connectivity index (χ0) is 30.3. The third-order valence-corrected chi connectivity index (χ3v) is 7.39. The molecule has 2 amide bonds. The maximum absolute atomic E-state index is 13.6. The molecule has 1 aliphatic rings. The molecular weight excluding hydrogens is 548 g/mol. The third kappa shape index (κ3) is 6.48. The topological polar surface area (TPSA) is 120 Å². The molecule has 0 unspecified atom stereocenters. The van der Waals surface area contributed by atoms with Gasteiger partial charge in [0, 0.05) is 26.1 Å². The molecule has 0 aliphatic carbocycles. The Morgan fingerprint density at radius 1 is 0.884 bits per heavy atom. The van der Waals surface area contributed by atoms with Crippen molar-refractivity contribution in [1.29, 1.82) is 0 Å². The van der Waals surface area contributed by atoms with E-state index in [1.165, 1.54) is 16.2 Å². The number of carbonyl (C=O) groups is 3. The number of nitrogens with zero attached hydrogens (tertiary/aromatic N) is 3. The zero-order valence-corrected chi connectivity index (χ0v) is 23.8. The van der Waals surface area contributed by atoms with Crippen LogP contribution in [0.2, 0.25) is 0 Å². The van der Waals surface area contributed by atoms with Gasteiger partial charge in [-0.3, -0.25) is 23.5 Å². The van der Waals surface area contributed by atoms with E-state index in [0.29, 0.717) is 25.0 Å². The van der Waals surface area contributed by atoms with Gasteiger partial charge in [-0.25, -0.2) is 9.59 Å². The lowest BCUT2D eigenvalue weighted by molar-refractivity contribution is -0.131. The second kappa shape index (κ2) is 13.2. The molecular formula is C33H32N4O6. The molecule has 2 heterocycles. The van der Waals surface area contributed by atoms with Gasteiger partial charge in [0.1, 0.15) is 6.54 Å². The summed E-state index contributed by atoms with van der Waals surface area (Å²) in [5, 5.41) is 2.93. The van der Waals surface area contributed by atoms with Gasteiger partial charge in [-0.2, -0.15) is 0 Å². The minimum absolute atomic E-state index is 0.0406. The minimum atomic E-state index is -0.699. The number of anilines is 1. The standard InChI is InChI=1S/C33H32N4O6/c1-2-43-32(41)25-12-6-8-14-27(25)34-29(38)22-37-28-15-9-7-13-26(28)31(40)36(33(37)42)21-18-30(39)35-19-16-24(17-20-35)23-10-4-3-5-11-23/h3-16H,2,17-22H2,1H3,(H,34,38). The van der Waals surface area contributed by atoms with E-state index >= 15 is 0 Å². The van der Waals surface area contributed by atoms with E-state index in [2.05, 4.69) is 5.32 Å². The Morgan fingerprint density at radius 3 is 2.35 bits per heavy atom. The number of hydrogen-bond acceptors (Lipinski definition) is 6. The number of carbonyl (C=O) groups excluding carboxylic acids is 3.